The first-order chi connectivity index (χ1) is 9.11. The number of nitrogens with two attached hydrogens (primary N) is 1. The van der Waals surface area contributed by atoms with Crippen LogP contribution in [0.15, 0.2) is 23.6 Å². The standard InChI is InChI=1S/C12H15FN4O2/c13-10-4-9(5-15-6-10)12(18)17-3-1-2-8(7-17)11(14)16-19/h4-6,8,19H,1-3,7H2,(H2,14,16). The third-order valence-corrected chi connectivity index (χ3v) is 3.19. The lowest BCUT2D eigenvalue weighted by Crippen LogP contribution is -2.44. The predicted octanol–water partition coefficient (Wildman–Crippen LogP) is 0.819. The summed E-state index contributed by atoms with van der Waals surface area (Å²) < 4.78 is 13.0. The van der Waals surface area contributed by atoms with Crippen LogP contribution in [0.1, 0.15) is 23.2 Å². The lowest BCUT2D eigenvalue weighted by atomic mass is 9.96. The second-order valence-electron chi connectivity index (χ2n) is 4.51. The molecular weight excluding hydrogens is 251 g/mol. The minimum Gasteiger partial charge on any atom is -0.409 e. The van der Waals surface area contributed by atoms with Crippen LogP contribution in [0.25, 0.3) is 0 Å². The minimum absolute atomic E-state index is 0.120. The fourth-order valence-electron chi connectivity index (χ4n) is 2.20. The summed E-state index contributed by atoms with van der Waals surface area (Å²) in [5, 5.41) is 11.6. The van der Waals surface area contributed by atoms with Crippen molar-refractivity contribution in [2.24, 2.45) is 16.8 Å². The Morgan fingerprint density at radius 3 is 3.05 bits per heavy atom. The van der Waals surface area contributed by atoms with E-state index in [-0.39, 0.29) is 23.2 Å². The Hall–Kier alpha value is -2.18. The average molecular weight is 266 g/mol. The van der Waals surface area contributed by atoms with Crippen molar-refractivity contribution in [1.82, 2.24) is 9.88 Å². The second kappa shape index (κ2) is 5.64. The Kier molecular flexibility index (Phi) is 3.94. The molecule has 3 N–H and O–H groups in total. The molecule has 7 heteroatoms. The number of piperidine rings is 1. The van der Waals surface area contributed by atoms with Crippen molar-refractivity contribution in [1.29, 1.82) is 0 Å². The highest BCUT2D eigenvalue weighted by molar-refractivity contribution is 5.94. The topological polar surface area (TPSA) is 91.8 Å². The van der Waals surface area contributed by atoms with E-state index in [9.17, 15) is 9.18 Å². The van der Waals surface area contributed by atoms with E-state index in [1.54, 1.807) is 4.90 Å². The Bertz CT molecular complexity index is 506. The maximum atomic E-state index is 13.0. The van der Waals surface area contributed by atoms with E-state index in [4.69, 9.17) is 10.9 Å². The largest absolute Gasteiger partial charge is 0.409 e. The van der Waals surface area contributed by atoms with Crippen molar-refractivity contribution in [2.75, 3.05) is 13.1 Å². The highest BCUT2D eigenvalue weighted by Crippen LogP contribution is 2.18. The van der Waals surface area contributed by atoms with Gasteiger partial charge in [-0.05, 0) is 18.9 Å². The van der Waals surface area contributed by atoms with Crippen molar-refractivity contribution in [3.05, 3.63) is 29.8 Å². The van der Waals surface area contributed by atoms with Gasteiger partial charge in [0.25, 0.3) is 5.91 Å². The molecule has 2 rings (SSSR count). The third kappa shape index (κ3) is 2.98. The van der Waals surface area contributed by atoms with Gasteiger partial charge < -0.3 is 15.8 Å². The molecule has 0 spiro atoms. The molecule has 0 radical (unpaired) electrons. The molecule has 6 nitrogen and oxygen atoms in total. The maximum absolute atomic E-state index is 13.0. The zero-order valence-electron chi connectivity index (χ0n) is 10.3. The van der Waals surface area contributed by atoms with Gasteiger partial charge in [-0.1, -0.05) is 5.16 Å². The van der Waals surface area contributed by atoms with Crippen LogP contribution in [0.3, 0.4) is 0 Å². The highest BCUT2D eigenvalue weighted by atomic mass is 19.1. The normalized spacial score (nSPS) is 20.4. The summed E-state index contributed by atoms with van der Waals surface area (Å²) in [6, 6.07) is 1.16. The van der Waals surface area contributed by atoms with Crippen LogP contribution in [0, 0.1) is 11.7 Å². The van der Waals surface area contributed by atoms with Gasteiger partial charge >= 0.3 is 0 Å². The molecule has 1 aromatic rings. The number of nitrogens with zero attached hydrogens (tertiary/aromatic N) is 3. The fraction of sp³-hybridized carbons (Fsp3) is 0.417. The second-order valence-corrected chi connectivity index (χ2v) is 4.51. The van der Waals surface area contributed by atoms with E-state index >= 15 is 0 Å². The van der Waals surface area contributed by atoms with Crippen LogP contribution in [0.5, 0.6) is 0 Å². The minimum atomic E-state index is -0.546. The van der Waals surface area contributed by atoms with Crippen LogP contribution >= 0.6 is 0 Å². The van der Waals surface area contributed by atoms with E-state index in [1.165, 1.54) is 6.20 Å². The monoisotopic (exact) mass is 266 g/mol. The molecule has 1 aromatic heterocycles. The number of halogens is 1. The van der Waals surface area contributed by atoms with Crippen molar-refractivity contribution in [3.8, 4) is 0 Å². The smallest absolute Gasteiger partial charge is 0.255 e. The van der Waals surface area contributed by atoms with Gasteiger partial charge in [0.2, 0.25) is 0 Å². The van der Waals surface area contributed by atoms with Crippen LogP contribution in [0.2, 0.25) is 0 Å². The molecule has 0 aliphatic carbocycles. The number of hydrogen-bond acceptors (Lipinski definition) is 4. The summed E-state index contributed by atoms with van der Waals surface area (Å²) in [6.45, 7) is 0.940. The Balaban J connectivity index is 2.11. The molecule has 1 atom stereocenters. The Labute approximate surface area is 109 Å². The number of rotatable bonds is 2. The predicted molar refractivity (Wildman–Crippen MR) is 66.2 cm³/mol. The molecule has 1 aliphatic heterocycles. The lowest BCUT2D eigenvalue weighted by molar-refractivity contribution is 0.0700. The zero-order chi connectivity index (χ0) is 13.8. The van der Waals surface area contributed by atoms with Gasteiger partial charge in [0.15, 0.2) is 0 Å². The van der Waals surface area contributed by atoms with Gasteiger partial charge in [0.1, 0.15) is 11.7 Å². The molecule has 0 bridgehead atoms. The molecule has 1 saturated heterocycles. The number of carbonyl (C=O) groups is 1. The van der Waals surface area contributed by atoms with Gasteiger partial charge in [0, 0.05) is 25.2 Å². The van der Waals surface area contributed by atoms with E-state index in [0.717, 1.165) is 25.1 Å². The average Bonchev–Trinajstić information content (AvgIpc) is 2.45. The fourth-order valence-corrected chi connectivity index (χ4v) is 2.20. The summed E-state index contributed by atoms with van der Waals surface area (Å²) in [5.74, 6) is -0.877. The first kappa shape index (κ1) is 13.3. The SMILES string of the molecule is N/C(=N/O)C1CCCN(C(=O)c2cncc(F)c2)C1. The number of aromatic nitrogens is 1. The van der Waals surface area contributed by atoms with Crippen LogP contribution in [-0.4, -0.2) is 39.9 Å². The first-order valence-electron chi connectivity index (χ1n) is 5.99. The maximum Gasteiger partial charge on any atom is 0.255 e. The molecule has 0 saturated carbocycles. The summed E-state index contributed by atoms with van der Waals surface area (Å²) >= 11 is 0. The van der Waals surface area contributed by atoms with E-state index in [0.29, 0.717) is 13.1 Å². The van der Waals surface area contributed by atoms with Crippen molar-refractivity contribution in [3.63, 3.8) is 0 Å². The van der Waals surface area contributed by atoms with E-state index in [1.807, 2.05) is 0 Å². The molecule has 1 fully saturated rings. The third-order valence-electron chi connectivity index (χ3n) is 3.19. The number of likely N-dealkylation sites (tertiary alicyclic amines) is 1. The molecule has 2 heterocycles. The van der Waals surface area contributed by atoms with Crippen molar-refractivity contribution < 1.29 is 14.4 Å². The number of hydrogen-bond donors (Lipinski definition) is 2. The lowest BCUT2D eigenvalue weighted by Gasteiger charge is -2.32. The van der Waals surface area contributed by atoms with E-state index in [2.05, 4.69) is 10.1 Å². The molecule has 19 heavy (non-hydrogen) atoms. The summed E-state index contributed by atoms with van der Waals surface area (Å²) in [6.07, 6.45) is 3.90. The van der Waals surface area contributed by atoms with Crippen molar-refractivity contribution >= 4 is 11.7 Å². The number of amidine groups is 1. The van der Waals surface area contributed by atoms with Gasteiger partial charge in [-0.3, -0.25) is 9.78 Å². The number of carbonyl (C=O) groups excluding carboxylic acids is 1. The highest BCUT2D eigenvalue weighted by Gasteiger charge is 2.27. The van der Waals surface area contributed by atoms with Crippen LogP contribution in [0.4, 0.5) is 4.39 Å². The van der Waals surface area contributed by atoms with Gasteiger partial charge in [0.05, 0.1) is 11.8 Å². The summed E-state index contributed by atoms with van der Waals surface area (Å²) in [7, 11) is 0. The van der Waals surface area contributed by atoms with Crippen LogP contribution < -0.4 is 5.73 Å². The first-order valence-corrected chi connectivity index (χ1v) is 5.99. The molecule has 1 amide bonds. The molecule has 1 aliphatic rings. The number of pyridine rings is 1. The Morgan fingerprint density at radius 2 is 2.37 bits per heavy atom. The molecule has 0 aromatic carbocycles. The zero-order valence-corrected chi connectivity index (χ0v) is 10.3. The number of amides is 1. The summed E-state index contributed by atoms with van der Waals surface area (Å²) in [5.41, 5.74) is 5.77. The van der Waals surface area contributed by atoms with Crippen molar-refractivity contribution in [2.45, 2.75) is 12.8 Å². The van der Waals surface area contributed by atoms with Gasteiger partial charge in [-0.15, -0.1) is 0 Å². The van der Waals surface area contributed by atoms with Gasteiger partial charge in [-0.2, -0.15) is 0 Å². The van der Waals surface area contributed by atoms with Gasteiger partial charge in [-0.25, -0.2) is 4.39 Å². The van der Waals surface area contributed by atoms with E-state index < -0.39 is 5.82 Å². The molecular formula is C12H15FN4O2. The Morgan fingerprint density at radius 1 is 1.58 bits per heavy atom. The number of oxime groups is 1. The summed E-state index contributed by atoms with van der Waals surface area (Å²) in [4.78, 5) is 17.4. The molecule has 1 unspecified atom stereocenters. The van der Waals surface area contributed by atoms with Crippen LogP contribution in [-0.2, 0) is 0 Å². The quantitative estimate of drug-likeness (QED) is 0.359. The molecule has 102 valence electrons.